The van der Waals surface area contributed by atoms with E-state index in [1.165, 1.54) is 30.2 Å². The van der Waals surface area contributed by atoms with E-state index in [1.807, 2.05) is 0 Å². The predicted octanol–water partition coefficient (Wildman–Crippen LogP) is 1.85. The largest absolute Gasteiger partial charge is 0.352 e. The first kappa shape index (κ1) is 17.0. The maximum absolute atomic E-state index is 12.5. The highest BCUT2D eigenvalue weighted by Crippen LogP contribution is 2.29. The van der Waals surface area contributed by atoms with Gasteiger partial charge in [-0.3, -0.25) is 10.1 Å². The molecule has 0 saturated carbocycles. The molecule has 1 aliphatic carbocycles. The molecule has 2 amide bonds. The zero-order valence-electron chi connectivity index (χ0n) is 14.5. The van der Waals surface area contributed by atoms with Crippen molar-refractivity contribution in [2.45, 2.75) is 32.1 Å². The molecule has 26 heavy (non-hydrogen) atoms. The second kappa shape index (κ2) is 7.45. The highest BCUT2D eigenvalue weighted by Gasteiger charge is 2.23. The molecule has 0 radical (unpaired) electrons. The summed E-state index contributed by atoms with van der Waals surface area (Å²) in [6.45, 7) is 2.58. The fourth-order valence-electron chi connectivity index (χ4n) is 3.40. The van der Waals surface area contributed by atoms with Crippen LogP contribution in [0.1, 0.15) is 29.8 Å². The number of fused-ring (bicyclic) bond motifs is 1. The highest BCUT2D eigenvalue weighted by molar-refractivity contribution is 7.15. The third-order valence-electron chi connectivity index (χ3n) is 4.86. The molecule has 8 nitrogen and oxygen atoms in total. The number of carbonyl (C=O) groups excluding carboxylic acids is 1. The van der Waals surface area contributed by atoms with Gasteiger partial charge in [-0.15, -0.1) is 11.3 Å². The van der Waals surface area contributed by atoms with Crippen molar-refractivity contribution in [1.82, 2.24) is 20.1 Å². The first-order valence-corrected chi connectivity index (χ1v) is 9.86. The third kappa shape index (κ3) is 3.72. The Morgan fingerprint density at radius 1 is 1.12 bits per heavy atom. The molecule has 2 aromatic rings. The zero-order valence-corrected chi connectivity index (χ0v) is 15.3. The quantitative estimate of drug-likeness (QED) is 0.783. The summed E-state index contributed by atoms with van der Waals surface area (Å²) >= 11 is 1.62. The molecule has 9 heteroatoms. The number of rotatable bonds is 2. The number of aryl methyl sites for hydroxylation is 2. The molecule has 0 aromatic carbocycles. The predicted molar refractivity (Wildman–Crippen MR) is 101 cm³/mol. The van der Waals surface area contributed by atoms with Crippen molar-refractivity contribution in [3.05, 3.63) is 33.1 Å². The van der Waals surface area contributed by atoms with Gasteiger partial charge in [0.05, 0.1) is 5.69 Å². The Morgan fingerprint density at radius 2 is 1.92 bits per heavy atom. The molecule has 138 valence electrons. The average Bonchev–Trinajstić information content (AvgIpc) is 2.90. The summed E-state index contributed by atoms with van der Waals surface area (Å²) < 4.78 is 0. The number of carbonyl (C=O) groups is 1. The molecule has 3 heterocycles. The number of thiazole rings is 1. The van der Waals surface area contributed by atoms with Crippen LogP contribution in [0.3, 0.4) is 0 Å². The van der Waals surface area contributed by atoms with E-state index in [2.05, 4.69) is 25.4 Å². The van der Waals surface area contributed by atoms with Crippen molar-refractivity contribution >= 4 is 28.3 Å². The normalized spacial score (nSPS) is 17.5. The van der Waals surface area contributed by atoms with Crippen molar-refractivity contribution in [2.75, 3.05) is 36.4 Å². The summed E-state index contributed by atoms with van der Waals surface area (Å²) in [5.41, 5.74) is 0.949. The van der Waals surface area contributed by atoms with Crippen molar-refractivity contribution < 1.29 is 4.79 Å². The van der Waals surface area contributed by atoms with Crippen molar-refractivity contribution in [1.29, 1.82) is 0 Å². The lowest BCUT2D eigenvalue weighted by Gasteiger charge is -2.34. The van der Waals surface area contributed by atoms with Crippen LogP contribution < -0.4 is 15.8 Å². The summed E-state index contributed by atoms with van der Waals surface area (Å²) in [6.07, 6.45) is 5.76. The number of aromatic amines is 1. The van der Waals surface area contributed by atoms with E-state index < -0.39 is 0 Å². The van der Waals surface area contributed by atoms with Gasteiger partial charge in [-0.25, -0.2) is 14.9 Å². The van der Waals surface area contributed by atoms with E-state index in [9.17, 15) is 9.59 Å². The Morgan fingerprint density at radius 3 is 2.69 bits per heavy atom. The van der Waals surface area contributed by atoms with Gasteiger partial charge in [-0.2, -0.15) is 5.10 Å². The second-order valence-corrected chi connectivity index (χ2v) is 7.72. The number of urea groups is 1. The molecule has 4 rings (SSSR count). The number of hydrogen-bond donors (Lipinski definition) is 2. The first-order valence-electron chi connectivity index (χ1n) is 9.04. The zero-order chi connectivity index (χ0) is 17.9. The molecule has 1 saturated heterocycles. The van der Waals surface area contributed by atoms with Crippen LogP contribution in [0.15, 0.2) is 16.9 Å². The second-order valence-electron chi connectivity index (χ2n) is 6.63. The molecule has 0 unspecified atom stereocenters. The number of aromatic nitrogens is 3. The lowest BCUT2D eigenvalue weighted by molar-refractivity contribution is 0.208. The minimum absolute atomic E-state index is 0.0945. The maximum atomic E-state index is 12.5. The molecule has 2 aromatic heterocycles. The van der Waals surface area contributed by atoms with E-state index in [4.69, 9.17) is 0 Å². The fraction of sp³-hybridized carbons (Fsp3) is 0.529. The van der Waals surface area contributed by atoms with Crippen LogP contribution >= 0.6 is 11.3 Å². The van der Waals surface area contributed by atoms with Gasteiger partial charge in [0, 0.05) is 37.1 Å². The average molecular weight is 374 g/mol. The van der Waals surface area contributed by atoms with Crippen LogP contribution in [-0.4, -0.2) is 52.3 Å². The minimum atomic E-state index is -0.214. The van der Waals surface area contributed by atoms with Crippen LogP contribution in [-0.2, 0) is 12.8 Å². The lowest BCUT2D eigenvalue weighted by Crippen LogP contribution is -2.50. The van der Waals surface area contributed by atoms with Gasteiger partial charge in [-0.05, 0) is 31.7 Å². The molecule has 2 N–H and O–H groups in total. The van der Waals surface area contributed by atoms with Gasteiger partial charge < -0.3 is 9.80 Å². The number of piperazine rings is 1. The highest BCUT2D eigenvalue weighted by atomic mass is 32.1. The summed E-state index contributed by atoms with van der Waals surface area (Å²) in [4.78, 5) is 33.5. The molecule has 0 bridgehead atoms. The third-order valence-corrected chi connectivity index (χ3v) is 5.94. The Bertz CT molecular complexity index is 796. The van der Waals surface area contributed by atoms with Crippen molar-refractivity contribution in [3.63, 3.8) is 0 Å². The van der Waals surface area contributed by atoms with E-state index in [1.54, 1.807) is 22.3 Å². The summed E-state index contributed by atoms with van der Waals surface area (Å²) in [6, 6.07) is 3.08. The lowest BCUT2D eigenvalue weighted by atomic mass is 10.2. The summed E-state index contributed by atoms with van der Waals surface area (Å²) in [5.74, 6) is 0.730. The molecular weight excluding hydrogens is 352 g/mol. The monoisotopic (exact) mass is 374 g/mol. The maximum Gasteiger partial charge on any atom is 0.323 e. The Kier molecular flexibility index (Phi) is 4.87. The number of H-pyrrole nitrogens is 1. The number of nitrogens with one attached hydrogen (secondary N) is 2. The molecule has 1 fully saturated rings. The summed E-state index contributed by atoms with van der Waals surface area (Å²) in [5, 5.41) is 10.2. The Balaban J connectivity index is 1.33. The van der Waals surface area contributed by atoms with E-state index in [-0.39, 0.29) is 11.6 Å². The number of hydrogen-bond acceptors (Lipinski definition) is 6. The van der Waals surface area contributed by atoms with Gasteiger partial charge in [0.1, 0.15) is 5.82 Å². The molecule has 0 spiro atoms. The van der Waals surface area contributed by atoms with Crippen LogP contribution in [0.4, 0.5) is 15.7 Å². The Labute approximate surface area is 155 Å². The number of amides is 2. The van der Waals surface area contributed by atoms with Gasteiger partial charge in [0.15, 0.2) is 5.13 Å². The standard InChI is InChI=1S/C17H22N6O2S/c24-15-7-6-14(20-21-15)22-8-10-23(11-9-22)17(25)19-16-18-12-4-2-1-3-5-13(12)26-16/h6-7H,1-5,8-11H2,(H,21,24)(H,18,19,25). The van der Waals surface area contributed by atoms with Gasteiger partial charge in [-0.1, -0.05) is 6.42 Å². The van der Waals surface area contributed by atoms with Crippen LogP contribution in [0.25, 0.3) is 0 Å². The van der Waals surface area contributed by atoms with Crippen molar-refractivity contribution in [3.8, 4) is 0 Å². The number of nitrogens with zero attached hydrogens (tertiary/aromatic N) is 4. The van der Waals surface area contributed by atoms with E-state index >= 15 is 0 Å². The van der Waals surface area contributed by atoms with Gasteiger partial charge >= 0.3 is 6.03 Å². The van der Waals surface area contributed by atoms with Crippen LogP contribution in [0.2, 0.25) is 0 Å². The Hall–Kier alpha value is -2.42. The van der Waals surface area contributed by atoms with Gasteiger partial charge in [0.2, 0.25) is 0 Å². The number of anilines is 2. The topological polar surface area (TPSA) is 94.2 Å². The minimum Gasteiger partial charge on any atom is -0.352 e. The van der Waals surface area contributed by atoms with Crippen molar-refractivity contribution in [2.24, 2.45) is 0 Å². The van der Waals surface area contributed by atoms with E-state index in [0.29, 0.717) is 31.3 Å². The first-order chi connectivity index (χ1) is 12.7. The van der Waals surface area contributed by atoms with Gasteiger partial charge in [0.25, 0.3) is 5.56 Å². The van der Waals surface area contributed by atoms with Crippen LogP contribution in [0.5, 0.6) is 0 Å². The fourth-order valence-corrected chi connectivity index (χ4v) is 4.44. The SMILES string of the molecule is O=C(Nc1nc2c(s1)CCCCC2)N1CCN(c2ccc(=O)[nH]n2)CC1. The molecular formula is C17H22N6O2S. The van der Waals surface area contributed by atoms with E-state index in [0.717, 1.165) is 24.4 Å². The molecule has 1 aliphatic heterocycles. The van der Waals surface area contributed by atoms with Crippen LogP contribution in [0, 0.1) is 0 Å². The smallest absolute Gasteiger partial charge is 0.323 e. The molecule has 2 aliphatic rings. The summed E-state index contributed by atoms with van der Waals surface area (Å²) in [7, 11) is 0. The molecule has 0 atom stereocenters.